The van der Waals surface area contributed by atoms with Gasteiger partial charge in [0, 0.05) is 12.1 Å². The van der Waals surface area contributed by atoms with Gasteiger partial charge < -0.3 is 22.4 Å². The Balaban J connectivity index is 0.000000494. The fourth-order valence-corrected chi connectivity index (χ4v) is 0.972. The van der Waals surface area contributed by atoms with E-state index < -0.39 is 19.1 Å². The number of diazo groups is 1. The molecule has 0 radical (unpaired) electrons. The van der Waals surface area contributed by atoms with Crippen LogP contribution in [0.25, 0.3) is 4.98 Å². The number of rotatable bonds is 2. The number of carboxylic acids is 1. The van der Waals surface area contributed by atoms with Crippen LogP contribution in [0.1, 0.15) is 18.4 Å². The summed E-state index contributed by atoms with van der Waals surface area (Å²) in [4.78, 5) is 13.5. The van der Waals surface area contributed by atoms with Gasteiger partial charge in [0.05, 0.1) is 5.92 Å². The van der Waals surface area contributed by atoms with Gasteiger partial charge in [0.2, 0.25) is 5.39 Å². The maximum absolute atomic E-state index is 10.6. The van der Waals surface area contributed by atoms with Crippen LogP contribution in [0.2, 0.25) is 0 Å². The average Bonchev–Trinajstić information content (AvgIpc) is 2.26. The van der Waals surface area contributed by atoms with Crippen molar-refractivity contribution in [1.82, 2.24) is 0 Å². The van der Waals surface area contributed by atoms with Gasteiger partial charge >= 0.3 is 18.9 Å². The molecule has 0 aliphatic rings. The number of aliphatic carboxylic acids is 1. The van der Waals surface area contributed by atoms with Crippen LogP contribution in [0.4, 0.5) is 23.0 Å². The van der Waals surface area contributed by atoms with E-state index in [9.17, 15) is 22.1 Å². The Bertz CT molecular complexity index is 435. The first-order chi connectivity index (χ1) is 8.15. The van der Waals surface area contributed by atoms with Gasteiger partial charge in [0.1, 0.15) is 0 Å². The fourth-order valence-electron chi connectivity index (χ4n) is 0.972. The van der Waals surface area contributed by atoms with Crippen molar-refractivity contribution in [2.24, 2.45) is 0 Å². The van der Waals surface area contributed by atoms with Crippen LogP contribution in [0.3, 0.4) is 0 Å². The smallest absolute Gasteiger partial charge is 0.481 e. The molecule has 18 heavy (non-hydrogen) atoms. The van der Waals surface area contributed by atoms with Crippen molar-refractivity contribution in [3.63, 3.8) is 0 Å². The summed E-state index contributed by atoms with van der Waals surface area (Å²) < 4.78 is 39.0. The monoisotopic (exact) mass is 264 g/mol. The van der Waals surface area contributed by atoms with Crippen molar-refractivity contribution in [2.45, 2.75) is 12.8 Å². The van der Waals surface area contributed by atoms with Crippen LogP contribution in [0, 0.1) is 5.39 Å². The summed E-state index contributed by atoms with van der Waals surface area (Å²) in [5.74, 6) is -1.40. The number of carbonyl (C=O) groups is 1. The van der Waals surface area contributed by atoms with Crippen LogP contribution in [-0.4, -0.2) is 18.3 Å². The highest BCUT2D eigenvalue weighted by Gasteiger charge is 2.20. The molecule has 9 heteroatoms. The number of carboxylic acid groups (broad SMARTS) is 1. The maximum Gasteiger partial charge on any atom is 0.673 e. The first kappa shape index (κ1) is 15.9. The molecule has 0 amide bonds. The van der Waals surface area contributed by atoms with E-state index >= 15 is 0 Å². The van der Waals surface area contributed by atoms with Gasteiger partial charge in [0.15, 0.2) is 4.98 Å². The molecule has 0 fully saturated rings. The second kappa shape index (κ2) is 6.59. The van der Waals surface area contributed by atoms with Crippen LogP contribution in [-0.2, 0) is 4.79 Å². The second-order valence-electron chi connectivity index (χ2n) is 3.25. The predicted octanol–water partition coefficient (Wildman–Crippen LogP) is 3.66. The van der Waals surface area contributed by atoms with Crippen molar-refractivity contribution < 1.29 is 27.2 Å². The minimum atomic E-state index is -6.00. The summed E-state index contributed by atoms with van der Waals surface area (Å²) in [6.45, 7) is 1.60. The van der Waals surface area contributed by atoms with Gasteiger partial charge in [-0.25, -0.2) is 0 Å². The number of nitrogens with zero attached hydrogens (tertiary/aromatic N) is 2. The molecule has 1 atom stereocenters. The third-order valence-electron chi connectivity index (χ3n) is 1.88. The Morgan fingerprint density at radius 1 is 1.28 bits per heavy atom. The van der Waals surface area contributed by atoms with Crippen molar-refractivity contribution in [3.8, 4) is 0 Å². The SMILES string of the molecule is CC(C(=O)O)c1ccc([N+]#N)cc1.F[B-](F)(F)F. The number of benzene rings is 1. The van der Waals surface area contributed by atoms with Crippen molar-refractivity contribution in [2.75, 3.05) is 0 Å². The lowest BCUT2D eigenvalue weighted by molar-refractivity contribution is -0.138. The van der Waals surface area contributed by atoms with E-state index in [0.717, 1.165) is 0 Å². The van der Waals surface area contributed by atoms with E-state index in [-0.39, 0.29) is 0 Å². The normalized spacial score (nSPS) is 11.8. The largest absolute Gasteiger partial charge is 0.673 e. The molecule has 0 aromatic heterocycles. The molecule has 4 nitrogen and oxygen atoms in total. The maximum atomic E-state index is 10.6. The summed E-state index contributed by atoms with van der Waals surface area (Å²) in [7, 11) is -6.00. The number of hydrogen-bond acceptors (Lipinski definition) is 2. The molecule has 0 bridgehead atoms. The van der Waals surface area contributed by atoms with Gasteiger partial charge in [0.25, 0.3) is 0 Å². The summed E-state index contributed by atoms with van der Waals surface area (Å²) in [6.07, 6.45) is 0. The Morgan fingerprint density at radius 3 is 1.94 bits per heavy atom. The lowest BCUT2D eigenvalue weighted by atomic mass is 10.0. The molecule has 0 aliphatic heterocycles. The highest BCUT2D eigenvalue weighted by atomic mass is 19.5. The predicted molar refractivity (Wildman–Crippen MR) is 57.4 cm³/mol. The van der Waals surface area contributed by atoms with Crippen LogP contribution in [0.15, 0.2) is 24.3 Å². The lowest BCUT2D eigenvalue weighted by Crippen LogP contribution is -2.06. The van der Waals surface area contributed by atoms with E-state index in [1.165, 1.54) is 0 Å². The van der Waals surface area contributed by atoms with Gasteiger partial charge in [-0.3, -0.25) is 4.79 Å². The Kier molecular flexibility index (Phi) is 5.82. The minimum Gasteiger partial charge on any atom is -0.481 e. The molecule has 0 saturated heterocycles. The fraction of sp³-hybridized carbons (Fsp3) is 0.222. The molecule has 1 aromatic carbocycles. The first-order valence-electron chi connectivity index (χ1n) is 4.70. The van der Waals surface area contributed by atoms with Crippen LogP contribution in [0.5, 0.6) is 0 Å². The third-order valence-corrected chi connectivity index (χ3v) is 1.88. The van der Waals surface area contributed by atoms with Gasteiger partial charge in [-0.2, -0.15) is 0 Å². The molecule has 0 saturated carbocycles. The van der Waals surface area contributed by atoms with Gasteiger partial charge in [-0.15, -0.1) is 0 Å². The molecule has 0 heterocycles. The first-order valence-corrected chi connectivity index (χ1v) is 4.70. The Morgan fingerprint density at radius 2 is 1.67 bits per heavy atom. The van der Waals surface area contributed by atoms with Crippen molar-refractivity contribution in [3.05, 3.63) is 34.8 Å². The zero-order valence-corrected chi connectivity index (χ0v) is 9.23. The molecule has 0 spiro atoms. The number of halogens is 4. The molecule has 1 rings (SSSR count). The third kappa shape index (κ3) is 7.21. The Hall–Kier alpha value is -2.11. The molecule has 1 N–H and O–H groups in total. The van der Waals surface area contributed by atoms with E-state index in [4.69, 9.17) is 10.5 Å². The van der Waals surface area contributed by atoms with Crippen LogP contribution < -0.4 is 0 Å². The summed E-state index contributed by atoms with van der Waals surface area (Å²) in [5, 5.41) is 17.1. The standard InChI is InChI=1S/C9H8N2O2.BF4/c1-6(9(12)13)7-2-4-8(11-10)5-3-7;2-1(3,4)5/h2-6H,1H3;/q;-1/p+1. The van der Waals surface area contributed by atoms with Crippen molar-refractivity contribution >= 4 is 18.9 Å². The topological polar surface area (TPSA) is 65.4 Å². The second-order valence-corrected chi connectivity index (χ2v) is 3.25. The number of hydrogen-bond donors (Lipinski definition) is 1. The minimum absolute atomic E-state index is 0.418. The van der Waals surface area contributed by atoms with Gasteiger partial charge in [-0.1, -0.05) is 12.1 Å². The molecule has 1 unspecified atom stereocenters. The molecule has 0 aliphatic carbocycles. The Labute approximate surface area is 100.0 Å². The van der Waals surface area contributed by atoms with E-state index in [1.807, 2.05) is 0 Å². The van der Waals surface area contributed by atoms with Crippen molar-refractivity contribution in [1.29, 1.82) is 5.39 Å². The molecule has 98 valence electrons. The van der Waals surface area contributed by atoms with Crippen LogP contribution >= 0.6 is 0 Å². The van der Waals surface area contributed by atoms with E-state index in [1.54, 1.807) is 31.2 Å². The lowest BCUT2D eigenvalue weighted by Gasteiger charge is -2.03. The summed E-state index contributed by atoms with van der Waals surface area (Å²) >= 11 is 0. The van der Waals surface area contributed by atoms with Gasteiger partial charge in [-0.05, 0) is 12.5 Å². The molecular formula is C9H9BF4N2O2. The average molecular weight is 264 g/mol. The quantitative estimate of drug-likeness (QED) is 0.503. The van der Waals surface area contributed by atoms with E-state index in [2.05, 4.69) is 4.98 Å². The highest BCUT2D eigenvalue weighted by Crippen LogP contribution is 2.19. The summed E-state index contributed by atoms with van der Waals surface area (Å²) in [5.41, 5.74) is 1.11. The van der Waals surface area contributed by atoms with E-state index in [0.29, 0.717) is 11.3 Å². The molecule has 1 aromatic rings. The molecular weight excluding hydrogens is 255 g/mol. The zero-order chi connectivity index (χ0) is 14.3. The summed E-state index contributed by atoms with van der Waals surface area (Å²) in [6, 6.07) is 6.39. The highest BCUT2D eigenvalue weighted by molar-refractivity contribution is 6.50. The zero-order valence-electron chi connectivity index (χ0n) is 9.23.